The molecular formula is C24H25FN2O3. The van der Waals surface area contributed by atoms with E-state index in [-0.39, 0.29) is 41.4 Å². The molecule has 2 aromatic rings. The van der Waals surface area contributed by atoms with E-state index in [2.05, 4.69) is 6.07 Å². The molecule has 1 saturated heterocycles. The molecular weight excluding hydrogens is 383 g/mol. The number of aromatic hydroxyl groups is 1. The molecule has 5 nitrogen and oxygen atoms in total. The maximum absolute atomic E-state index is 14.6. The number of phenolic OH excluding ortho intramolecular Hbond substituents is 1. The van der Waals surface area contributed by atoms with Crippen LogP contribution >= 0.6 is 0 Å². The highest BCUT2D eigenvalue weighted by Crippen LogP contribution is 2.51. The van der Waals surface area contributed by atoms with E-state index in [1.807, 2.05) is 0 Å². The molecule has 0 spiro atoms. The molecule has 1 aliphatic heterocycles. The fourth-order valence-corrected chi connectivity index (χ4v) is 5.30. The Bertz CT molecular complexity index is 988. The summed E-state index contributed by atoms with van der Waals surface area (Å²) in [5.41, 5.74) is -0.610. The monoisotopic (exact) mass is 408 g/mol. The molecule has 2 aliphatic rings. The first kappa shape index (κ1) is 20.4. The van der Waals surface area contributed by atoms with Crippen molar-refractivity contribution < 1.29 is 19.4 Å². The summed E-state index contributed by atoms with van der Waals surface area (Å²) in [6.07, 6.45) is 1.41. The summed E-state index contributed by atoms with van der Waals surface area (Å²) in [5.74, 6) is -0.852. The van der Waals surface area contributed by atoms with Gasteiger partial charge in [-0.15, -0.1) is 0 Å². The van der Waals surface area contributed by atoms with Gasteiger partial charge in [-0.25, -0.2) is 4.39 Å². The summed E-state index contributed by atoms with van der Waals surface area (Å²) < 4.78 is 14.6. The molecule has 6 heteroatoms. The Balaban J connectivity index is 1.60. The SMILES string of the molecule is N#CCC1CC2CN(C(=O)Cc3ccccc3O)CC2C(O)(c2ccccc2F)C1. The molecule has 156 valence electrons. The van der Waals surface area contributed by atoms with Gasteiger partial charge < -0.3 is 15.1 Å². The van der Waals surface area contributed by atoms with Crippen molar-refractivity contribution in [3.8, 4) is 11.8 Å². The maximum Gasteiger partial charge on any atom is 0.227 e. The normalized spacial score (nSPS) is 28.0. The molecule has 0 radical (unpaired) electrons. The first-order valence-corrected chi connectivity index (χ1v) is 10.3. The molecule has 2 aromatic carbocycles. The number of carbonyl (C=O) groups is 1. The quantitative estimate of drug-likeness (QED) is 0.813. The minimum Gasteiger partial charge on any atom is -0.508 e. The lowest BCUT2D eigenvalue weighted by Crippen LogP contribution is -2.46. The third-order valence-corrected chi connectivity index (χ3v) is 6.70. The zero-order valence-corrected chi connectivity index (χ0v) is 16.7. The molecule has 1 amide bonds. The Morgan fingerprint density at radius 3 is 2.67 bits per heavy atom. The number of fused-ring (bicyclic) bond motifs is 1. The van der Waals surface area contributed by atoms with Gasteiger partial charge in [-0.3, -0.25) is 4.79 Å². The third kappa shape index (κ3) is 3.66. The number of benzene rings is 2. The van der Waals surface area contributed by atoms with E-state index in [0.29, 0.717) is 31.5 Å². The van der Waals surface area contributed by atoms with E-state index in [1.165, 1.54) is 6.07 Å². The van der Waals surface area contributed by atoms with Crippen molar-refractivity contribution in [2.75, 3.05) is 13.1 Å². The van der Waals surface area contributed by atoms with Gasteiger partial charge in [0.2, 0.25) is 5.91 Å². The minimum absolute atomic E-state index is 0.00461. The van der Waals surface area contributed by atoms with E-state index in [9.17, 15) is 24.7 Å². The van der Waals surface area contributed by atoms with Crippen LogP contribution in [0.4, 0.5) is 4.39 Å². The number of amides is 1. The maximum atomic E-state index is 14.6. The van der Waals surface area contributed by atoms with Crippen LogP contribution in [-0.4, -0.2) is 34.1 Å². The van der Waals surface area contributed by atoms with Crippen molar-refractivity contribution in [2.45, 2.75) is 31.3 Å². The molecule has 1 heterocycles. The fourth-order valence-electron chi connectivity index (χ4n) is 5.30. The van der Waals surface area contributed by atoms with Gasteiger partial charge >= 0.3 is 0 Å². The number of likely N-dealkylation sites (tertiary alicyclic amines) is 1. The Hall–Kier alpha value is -2.91. The van der Waals surface area contributed by atoms with Crippen molar-refractivity contribution in [3.63, 3.8) is 0 Å². The highest BCUT2D eigenvalue weighted by molar-refractivity contribution is 5.79. The Morgan fingerprint density at radius 2 is 1.93 bits per heavy atom. The summed E-state index contributed by atoms with van der Waals surface area (Å²) >= 11 is 0. The number of para-hydroxylation sites is 1. The predicted octanol–water partition coefficient (Wildman–Crippen LogP) is 3.36. The number of rotatable bonds is 4. The lowest BCUT2D eigenvalue weighted by molar-refractivity contribution is -0.130. The molecule has 1 aliphatic carbocycles. The Labute approximate surface area is 175 Å². The summed E-state index contributed by atoms with van der Waals surface area (Å²) in [7, 11) is 0. The number of hydrogen-bond donors (Lipinski definition) is 2. The van der Waals surface area contributed by atoms with Crippen LogP contribution in [0.3, 0.4) is 0 Å². The van der Waals surface area contributed by atoms with Crippen molar-refractivity contribution in [2.24, 2.45) is 17.8 Å². The molecule has 2 N–H and O–H groups in total. The van der Waals surface area contributed by atoms with E-state index in [0.717, 1.165) is 6.42 Å². The first-order chi connectivity index (χ1) is 14.4. The average Bonchev–Trinajstić information content (AvgIpc) is 3.15. The second-order valence-electron chi connectivity index (χ2n) is 8.54. The number of phenols is 1. The standard InChI is InChI=1S/C24H25FN2O3/c25-21-7-3-2-6-19(21)24(30)13-16(9-10-26)11-18-14-27(15-20(18)24)23(29)12-17-5-1-4-8-22(17)28/h1-8,16,18,20,28,30H,9,11-15H2. The van der Waals surface area contributed by atoms with Gasteiger partial charge in [0.15, 0.2) is 0 Å². The topological polar surface area (TPSA) is 84.6 Å². The van der Waals surface area contributed by atoms with Gasteiger partial charge in [0.05, 0.1) is 18.1 Å². The molecule has 4 rings (SSSR count). The lowest BCUT2D eigenvalue weighted by Gasteiger charge is -2.44. The molecule has 0 bridgehead atoms. The van der Waals surface area contributed by atoms with Crippen LogP contribution in [0.1, 0.15) is 30.4 Å². The third-order valence-electron chi connectivity index (χ3n) is 6.70. The van der Waals surface area contributed by atoms with E-state index in [4.69, 9.17) is 0 Å². The van der Waals surface area contributed by atoms with Crippen LogP contribution in [0.25, 0.3) is 0 Å². The van der Waals surface area contributed by atoms with Gasteiger partial charge in [-0.05, 0) is 36.8 Å². The molecule has 2 fully saturated rings. The molecule has 4 atom stereocenters. The van der Waals surface area contributed by atoms with Gasteiger partial charge in [-0.1, -0.05) is 36.4 Å². The average molecular weight is 408 g/mol. The van der Waals surface area contributed by atoms with Gasteiger partial charge in [0.25, 0.3) is 0 Å². The van der Waals surface area contributed by atoms with Gasteiger partial charge in [0.1, 0.15) is 11.6 Å². The number of hydrogen-bond acceptors (Lipinski definition) is 4. The van der Waals surface area contributed by atoms with Crippen LogP contribution in [0.5, 0.6) is 5.75 Å². The minimum atomic E-state index is -1.42. The van der Waals surface area contributed by atoms with E-state index < -0.39 is 11.4 Å². The first-order valence-electron chi connectivity index (χ1n) is 10.3. The second kappa shape index (κ2) is 8.08. The Morgan fingerprint density at radius 1 is 1.20 bits per heavy atom. The largest absolute Gasteiger partial charge is 0.508 e. The van der Waals surface area contributed by atoms with E-state index >= 15 is 0 Å². The smallest absolute Gasteiger partial charge is 0.227 e. The van der Waals surface area contributed by atoms with Gasteiger partial charge in [-0.2, -0.15) is 5.26 Å². The number of nitrogens with zero attached hydrogens (tertiary/aromatic N) is 2. The van der Waals surface area contributed by atoms with Gasteiger partial charge in [0, 0.05) is 36.6 Å². The fraction of sp³-hybridized carbons (Fsp3) is 0.417. The van der Waals surface area contributed by atoms with Crippen LogP contribution in [0.2, 0.25) is 0 Å². The number of nitriles is 1. The number of aliphatic hydroxyl groups is 1. The molecule has 30 heavy (non-hydrogen) atoms. The molecule has 4 unspecified atom stereocenters. The summed E-state index contributed by atoms with van der Waals surface area (Å²) in [6.45, 7) is 0.803. The predicted molar refractivity (Wildman–Crippen MR) is 109 cm³/mol. The van der Waals surface area contributed by atoms with Crippen molar-refractivity contribution in [1.82, 2.24) is 4.90 Å². The van der Waals surface area contributed by atoms with Crippen molar-refractivity contribution in [1.29, 1.82) is 5.26 Å². The highest BCUT2D eigenvalue weighted by Gasteiger charge is 2.53. The highest BCUT2D eigenvalue weighted by atomic mass is 19.1. The van der Waals surface area contributed by atoms with Crippen molar-refractivity contribution in [3.05, 3.63) is 65.5 Å². The molecule has 0 aromatic heterocycles. The van der Waals surface area contributed by atoms with Crippen LogP contribution in [-0.2, 0) is 16.8 Å². The summed E-state index contributed by atoms with van der Waals surface area (Å²) in [5, 5.41) is 30.9. The number of carbonyl (C=O) groups excluding carboxylic acids is 1. The second-order valence-corrected chi connectivity index (χ2v) is 8.54. The summed E-state index contributed by atoms with van der Waals surface area (Å²) in [6, 6.07) is 15.2. The lowest BCUT2D eigenvalue weighted by atomic mass is 9.63. The van der Waals surface area contributed by atoms with Crippen LogP contribution in [0, 0.1) is 34.9 Å². The van der Waals surface area contributed by atoms with E-state index in [1.54, 1.807) is 47.4 Å². The molecule has 1 saturated carbocycles. The zero-order chi connectivity index (χ0) is 21.3. The number of halogens is 1. The van der Waals surface area contributed by atoms with Crippen LogP contribution < -0.4 is 0 Å². The van der Waals surface area contributed by atoms with Crippen LogP contribution in [0.15, 0.2) is 48.5 Å². The Kier molecular flexibility index (Phi) is 5.48. The van der Waals surface area contributed by atoms with Crippen molar-refractivity contribution >= 4 is 5.91 Å². The zero-order valence-electron chi connectivity index (χ0n) is 16.7. The summed E-state index contributed by atoms with van der Waals surface area (Å²) in [4.78, 5) is 14.6.